The van der Waals surface area contributed by atoms with Crippen LogP contribution in [0.5, 0.6) is 5.75 Å². The molecule has 1 aromatic carbocycles. The number of aromatic amines is 1. The first-order valence-electron chi connectivity index (χ1n) is 11.8. The molecule has 1 saturated heterocycles. The summed E-state index contributed by atoms with van der Waals surface area (Å²) in [5, 5.41) is 0. The van der Waals surface area contributed by atoms with Crippen LogP contribution in [0, 0.1) is 0 Å². The van der Waals surface area contributed by atoms with Crippen molar-refractivity contribution in [2.24, 2.45) is 0 Å². The highest BCUT2D eigenvalue weighted by Gasteiger charge is 2.31. The number of hydrogen-bond acceptors (Lipinski definition) is 5. The molecule has 7 heteroatoms. The average molecular weight is 439 g/mol. The molecule has 2 aromatic rings. The van der Waals surface area contributed by atoms with E-state index in [1.54, 1.807) is 0 Å². The number of likely N-dealkylation sites (tertiary alicyclic amines) is 1. The Labute approximate surface area is 189 Å². The van der Waals surface area contributed by atoms with Gasteiger partial charge in [0, 0.05) is 31.2 Å². The number of nitrogens with zero attached hydrogens (tertiary/aromatic N) is 3. The van der Waals surface area contributed by atoms with Crippen LogP contribution < -0.4 is 10.3 Å². The predicted molar refractivity (Wildman–Crippen MR) is 124 cm³/mol. The Morgan fingerprint density at radius 2 is 2.00 bits per heavy atom. The number of ether oxygens (including phenoxy) is 1. The van der Waals surface area contributed by atoms with Crippen molar-refractivity contribution < 1.29 is 9.53 Å². The number of aromatic nitrogens is 2. The number of rotatable bonds is 6. The van der Waals surface area contributed by atoms with E-state index < -0.39 is 0 Å². The fourth-order valence-corrected chi connectivity index (χ4v) is 4.74. The molecule has 2 aliphatic rings. The lowest BCUT2D eigenvalue weighted by Gasteiger charge is -2.36. The van der Waals surface area contributed by atoms with Crippen molar-refractivity contribution in [3.05, 3.63) is 57.3 Å². The van der Waals surface area contributed by atoms with Crippen LogP contribution in [0.3, 0.4) is 0 Å². The highest BCUT2D eigenvalue weighted by Crippen LogP contribution is 2.30. The number of carbonyl (C=O) groups is 1. The lowest BCUT2D eigenvalue weighted by Crippen LogP contribution is -2.43. The minimum absolute atomic E-state index is 0.0436. The average Bonchev–Trinajstić information content (AvgIpc) is 2.80. The zero-order chi connectivity index (χ0) is 22.7. The number of H-pyrrole nitrogens is 1. The molecule has 2 aliphatic heterocycles. The molecule has 7 nitrogen and oxygen atoms in total. The van der Waals surface area contributed by atoms with Gasteiger partial charge >= 0.3 is 0 Å². The maximum absolute atomic E-state index is 13.2. The van der Waals surface area contributed by atoms with E-state index in [0.29, 0.717) is 38.0 Å². The van der Waals surface area contributed by atoms with Crippen molar-refractivity contribution in [2.75, 3.05) is 19.7 Å². The number of fused-ring (bicyclic) bond motifs is 1. The summed E-state index contributed by atoms with van der Waals surface area (Å²) < 4.78 is 5.50. The lowest BCUT2D eigenvalue weighted by atomic mass is 9.99. The van der Waals surface area contributed by atoms with E-state index in [1.165, 1.54) is 0 Å². The molecule has 0 aliphatic carbocycles. The Hall–Kier alpha value is -2.67. The van der Waals surface area contributed by atoms with Gasteiger partial charge in [-0.3, -0.25) is 14.5 Å². The molecule has 4 rings (SSSR count). The van der Waals surface area contributed by atoms with E-state index in [9.17, 15) is 9.59 Å². The molecule has 1 amide bonds. The largest absolute Gasteiger partial charge is 0.494 e. The van der Waals surface area contributed by atoms with Gasteiger partial charge in [0.05, 0.1) is 24.8 Å². The van der Waals surface area contributed by atoms with E-state index in [2.05, 4.69) is 23.7 Å². The van der Waals surface area contributed by atoms with Crippen molar-refractivity contribution >= 4 is 5.91 Å². The SMILES string of the molecule is CCOc1ccc(CC(=O)N2CCCC[C@H]2c2nc3c(c(=O)[nH]2)CCN(C(C)C)C3)cc1. The van der Waals surface area contributed by atoms with Gasteiger partial charge in [-0.05, 0) is 64.2 Å². The fraction of sp³-hybridized carbons (Fsp3) is 0.560. The number of carbonyl (C=O) groups excluding carboxylic acids is 1. The number of nitrogens with one attached hydrogen (secondary N) is 1. The first-order valence-corrected chi connectivity index (χ1v) is 11.8. The van der Waals surface area contributed by atoms with Crippen molar-refractivity contribution in [3.63, 3.8) is 0 Å². The summed E-state index contributed by atoms with van der Waals surface area (Å²) in [5.74, 6) is 1.52. The Kier molecular flexibility index (Phi) is 6.94. The quantitative estimate of drug-likeness (QED) is 0.749. The molecule has 1 atom stereocenters. The van der Waals surface area contributed by atoms with E-state index in [1.807, 2.05) is 36.1 Å². The third-order valence-electron chi connectivity index (χ3n) is 6.58. The number of amides is 1. The van der Waals surface area contributed by atoms with Gasteiger partial charge in [0.1, 0.15) is 11.6 Å². The van der Waals surface area contributed by atoms with Gasteiger partial charge in [0.15, 0.2) is 0 Å². The Bertz CT molecular complexity index is 999. The van der Waals surface area contributed by atoms with E-state index >= 15 is 0 Å². The van der Waals surface area contributed by atoms with Gasteiger partial charge in [0.25, 0.3) is 5.56 Å². The van der Waals surface area contributed by atoms with Gasteiger partial charge in [-0.2, -0.15) is 0 Å². The van der Waals surface area contributed by atoms with Gasteiger partial charge in [0.2, 0.25) is 5.91 Å². The molecular weight excluding hydrogens is 404 g/mol. The minimum atomic E-state index is -0.175. The topological polar surface area (TPSA) is 78.5 Å². The minimum Gasteiger partial charge on any atom is -0.494 e. The third-order valence-corrected chi connectivity index (χ3v) is 6.58. The van der Waals surface area contributed by atoms with Crippen molar-refractivity contribution in [1.82, 2.24) is 19.8 Å². The zero-order valence-corrected chi connectivity index (χ0v) is 19.4. The second kappa shape index (κ2) is 9.86. The standard InChI is InChI=1S/C25H34N4O3/c1-4-32-19-10-8-18(9-11-19)15-23(30)29-13-6-5-7-22(29)24-26-21-16-28(17(2)3)14-12-20(21)25(31)27-24/h8-11,17,22H,4-7,12-16H2,1-3H3,(H,26,27,31)/t22-/m0/s1. The summed E-state index contributed by atoms with van der Waals surface area (Å²) in [7, 11) is 0. The second-order valence-electron chi connectivity index (χ2n) is 9.04. The number of hydrogen-bond donors (Lipinski definition) is 1. The van der Waals surface area contributed by atoms with Crippen LogP contribution in [0.2, 0.25) is 0 Å². The molecular formula is C25H34N4O3. The summed E-state index contributed by atoms with van der Waals surface area (Å²) in [6, 6.07) is 7.94. The molecule has 172 valence electrons. The van der Waals surface area contributed by atoms with Gasteiger partial charge < -0.3 is 14.6 Å². The molecule has 0 unspecified atom stereocenters. The predicted octanol–water partition coefficient (Wildman–Crippen LogP) is 3.23. The van der Waals surface area contributed by atoms with Crippen molar-refractivity contribution in [2.45, 2.75) is 71.5 Å². The van der Waals surface area contributed by atoms with Crippen LogP contribution in [-0.2, 0) is 24.2 Å². The lowest BCUT2D eigenvalue weighted by molar-refractivity contribution is -0.134. The van der Waals surface area contributed by atoms with E-state index in [0.717, 1.165) is 54.8 Å². The van der Waals surface area contributed by atoms with E-state index in [4.69, 9.17) is 9.72 Å². The van der Waals surface area contributed by atoms with Crippen molar-refractivity contribution in [3.8, 4) is 5.75 Å². The normalized spacial score (nSPS) is 19.1. The Morgan fingerprint density at radius 3 is 2.72 bits per heavy atom. The zero-order valence-electron chi connectivity index (χ0n) is 19.4. The first kappa shape index (κ1) is 22.5. The van der Waals surface area contributed by atoms with Crippen LogP contribution in [0.1, 0.15) is 68.7 Å². The summed E-state index contributed by atoms with van der Waals surface area (Å²) in [6.07, 6.45) is 3.88. The molecule has 3 heterocycles. The molecule has 0 saturated carbocycles. The van der Waals surface area contributed by atoms with Crippen LogP contribution in [0.25, 0.3) is 0 Å². The molecule has 0 spiro atoms. The van der Waals surface area contributed by atoms with Crippen LogP contribution >= 0.6 is 0 Å². The van der Waals surface area contributed by atoms with Gasteiger partial charge in [-0.15, -0.1) is 0 Å². The highest BCUT2D eigenvalue weighted by molar-refractivity contribution is 5.79. The monoisotopic (exact) mass is 438 g/mol. The number of benzene rings is 1. The van der Waals surface area contributed by atoms with Crippen LogP contribution in [0.15, 0.2) is 29.1 Å². The molecule has 0 bridgehead atoms. The summed E-state index contributed by atoms with van der Waals surface area (Å²) in [4.78, 5) is 38.2. The summed E-state index contributed by atoms with van der Waals surface area (Å²) in [6.45, 7) is 9.17. The molecule has 1 N–H and O–H groups in total. The fourth-order valence-electron chi connectivity index (χ4n) is 4.74. The van der Waals surface area contributed by atoms with Crippen LogP contribution in [-0.4, -0.2) is 51.4 Å². The Morgan fingerprint density at radius 1 is 1.22 bits per heavy atom. The van der Waals surface area contributed by atoms with Crippen molar-refractivity contribution in [1.29, 1.82) is 0 Å². The molecule has 0 radical (unpaired) electrons. The first-order chi connectivity index (χ1) is 15.5. The van der Waals surface area contributed by atoms with Gasteiger partial charge in [-0.25, -0.2) is 4.98 Å². The third kappa shape index (κ3) is 4.88. The maximum atomic E-state index is 13.2. The smallest absolute Gasteiger partial charge is 0.254 e. The second-order valence-corrected chi connectivity index (χ2v) is 9.04. The highest BCUT2D eigenvalue weighted by atomic mass is 16.5. The summed E-state index contributed by atoms with van der Waals surface area (Å²) >= 11 is 0. The van der Waals surface area contributed by atoms with E-state index in [-0.39, 0.29) is 17.5 Å². The summed E-state index contributed by atoms with van der Waals surface area (Å²) in [5.41, 5.74) is 2.59. The molecule has 32 heavy (non-hydrogen) atoms. The molecule has 1 aromatic heterocycles. The number of piperidine rings is 1. The Balaban J connectivity index is 1.54. The maximum Gasteiger partial charge on any atom is 0.254 e. The molecule has 1 fully saturated rings. The van der Waals surface area contributed by atoms with Crippen LogP contribution in [0.4, 0.5) is 0 Å². The van der Waals surface area contributed by atoms with Gasteiger partial charge in [-0.1, -0.05) is 12.1 Å².